The molecule has 1 aliphatic rings. The third-order valence-electron chi connectivity index (χ3n) is 5.41. The van der Waals surface area contributed by atoms with Gasteiger partial charge in [0.25, 0.3) is 0 Å². The molecule has 4 heterocycles. The summed E-state index contributed by atoms with van der Waals surface area (Å²) in [5.41, 5.74) is 3.74. The molecule has 4 rings (SSSR count). The fraction of sp³-hybridized carbons (Fsp3) is 0.550. The van der Waals surface area contributed by atoms with Gasteiger partial charge in [-0.3, -0.25) is 4.68 Å². The van der Waals surface area contributed by atoms with Crippen molar-refractivity contribution in [1.29, 1.82) is 0 Å². The Labute approximate surface area is 172 Å². The van der Waals surface area contributed by atoms with E-state index in [9.17, 15) is 5.02 Å². The molecule has 0 bridgehead atoms. The maximum Gasteiger partial charge on any atom is 0.376 e. The minimum Gasteiger partial charge on any atom is -0.437 e. The highest BCUT2D eigenvalue weighted by Crippen LogP contribution is 2.32. The van der Waals surface area contributed by atoms with Gasteiger partial charge in [-0.15, -0.1) is 0 Å². The fourth-order valence-electron chi connectivity index (χ4n) is 4.02. The Balaban J connectivity index is 1.81. The summed E-state index contributed by atoms with van der Waals surface area (Å²) in [5, 5.41) is 22.6. The molecule has 0 aliphatic carbocycles. The average molecular weight is 395 g/mol. The molecule has 0 aromatic carbocycles. The molecule has 2 N–H and O–H groups in total. The summed E-state index contributed by atoms with van der Waals surface area (Å²) in [5.74, 6) is 1.21. The van der Waals surface area contributed by atoms with Crippen LogP contribution in [0.4, 0.5) is 5.82 Å². The number of hydrogen-bond donors (Lipinski definition) is 2. The molecule has 3 aromatic heterocycles. The maximum atomic E-state index is 10.1. The van der Waals surface area contributed by atoms with Gasteiger partial charge in [0.1, 0.15) is 5.82 Å². The Morgan fingerprint density at radius 1 is 1.24 bits per heavy atom. The van der Waals surface area contributed by atoms with Crippen molar-refractivity contribution in [2.24, 2.45) is 7.05 Å². The number of aryl methyl sites for hydroxylation is 1. The normalized spacial score (nSPS) is 18.3. The molecule has 1 saturated heterocycles. The van der Waals surface area contributed by atoms with Crippen molar-refractivity contribution in [1.82, 2.24) is 29.2 Å². The predicted octanol–water partition coefficient (Wildman–Crippen LogP) is 2.63. The Morgan fingerprint density at radius 3 is 2.69 bits per heavy atom. The van der Waals surface area contributed by atoms with E-state index in [4.69, 9.17) is 4.98 Å². The predicted molar refractivity (Wildman–Crippen MR) is 116 cm³/mol. The molecule has 0 amide bonds. The summed E-state index contributed by atoms with van der Waals surface area (Å²) in [6.07, 6.45) is 7.81. The Hall–Kier alpha value is -2.39. The zero-order valence-electron chi connectivity index (χ0n) is 17.9. The summed E-state index contributed by atoms with van der Waals surface area (Å²) in [6, 6.07) is 2.12. The lowest BCUT2D eigenvalue weighted by Gasteiger charge is -2.33. The van der Waals surface area contributed by atoms with Crippen LogP contribution in [0.2, 0.25) is 6.82 Å². The van der Waals surface area contributed by atoms with Crippen LogP contribution in [-0.4, -0.2) is 59.9 Å². The van der Waals surface area contributed by atoms with Gasteiger partial charge in [0.15, 0.2) is 5.65 Å². The van der Waals surface area contributed by atoms with Crippen molar-refractivity contribution in [3.63, 3.8) is 0 Å². The van der Waals surface area contributed by atoms with Crippen LogP contribution < -0.4 is 5.32 Å². The fourth-order valence-corrected chi connectivity index (χ4v) is 4.02. The highest BCUT2D eigenvalue weighted by Gasteiger charge is 2.28. The van der Waals surface area contributed by atoms with Crippen LogP contribution in [0.5, 0.6) is 0 Å². The number of fused-ring (bicyclic) bond motifs is 1. The van der Waals surface area contributed by atoms with E-state index < -0.39 is 7.05 Å². The van der Waals surface area contributed by atoms with Gasteiger partial charge < -0.3 is 15.2 Å². The topological polar surface area (TPSA) is 83.5 Å². The first-order valence-corrected chi connectivity index (χ1v) is 10.3. The Morgan fingerprint density at radius 2 is 2.03 bits per heavy atom. The van der Waals surface area contributed by atoms with Crippen LogP contribution in [-0.2, 0) is 7.05 Å². The van der Waals surface area contributed by atoms with E-state index in [0.717, 1.165) is 54.2 Å². The van der Waals surface area contributed by atoms with Crippen LogP contribution >= 0.6 is 0 Å². The summed E-state index contributed by atoms with van der Waals surface area (Å²) in [4.78, 5) is 7.16. The van der Waals surface area contributed by atoms with Crippen molar-refractivity contribution in [2.75, 3.05) is 18.4 Å². The number of piperidine rings is 1. The van der Waals surface area contributed by atoms with Gasteiger partial charge in [-0.05, 0) is 53.5 Å². The van der Waals surface area contributed by atoms with Crippen LogP contribution in [0.15, 0.2) is 24.7 Å². The standard InChI is InChI=1S/C20H30BN7O/c1-20(2,3)25-18-9-17(14-7-6-8-27(13-14)21(4)29)24-19-16(11-23-28(18)19)15-10-22-26(5)12-15/h9-12,14,25,29H,6-8,13H2,1-5H3. The maximum absolute atomic E-state index is 10.1. The van der Waals surface area contributed by atoms with Gasteiger partial charge in [0.05, 0.1) is 18.1 Å². The third-order valence-corrected chi connectivity index (χ3v) is 5.41. The van der Waals surface area contributed by atoms with Crippen LogP contribution in [0.3, 0.4) is 0 Å². The number of nitrogens with one attached hydrogen (secondary N) is 1. The lowest BCUT2D eigenvalue weighted by Crippen LogP contribution is -2.43. The summed E-state index contributed by atoms with van der Waals surface area (Å²) < 4.78 is 3.67. The SMILES string of the molecule is CB(O)N1CCCC(c2cc(NC(C)(C)C)n3ncc(-c4cnn(C)c4)c3n2)C1. The molecule has 1 fully saturated rings. The lowest BCUT2D eigenvalue weighted by atomic mass is 9.80. The molecular formula is C20H30BN7O. The molecule has 9 heteroatoms. The molecule has 0 radical (unpaired) electrons. The number of aromatic nitrogens is 5. The van der Waals surface area contributed by atoms with Gasteiger partial charge >= 0.3 is 7.05 Å². The molecule has 1 aliphatic heterocycles. The monoisotopic (exact) mass is 395 g/mol. The van der Waals surface area contributed by atoms with E-state index in [1.165, 1.54) is 0 Å². The molecular weight excluding hydrogens is 365 g/mol. The molecule has 1 atom stereocenters. The molecule has 154 valence electrons. The van der Waals surface area contributed by atoms with E-state index in [1.807, 2.05) is 37.0 Å². The number of hydrogen-bond acceptors (Lipinski definition) is 6. The van der Waals surface area contributed by atoms with E-state index in [-0.39, 0.29) is 11.5 Å². The number of nitrogens with zero attached hydrogens (tertiary/aromatic N) is 6. The third kappa shape index (κ3) is 4.16. The first-order valence-electron chi connectivity index (χ1n) is 10.3. The number of rotatable bonds is 4. The zero-order valence-corrected chi connectivity index (χ0v) is 17.9. The second-order valence-corrected chi connectivity index (χ2v) is 9.10. The van der Waals surface area contributed by atoms with Crippen molar-refractivity contribution in [3.05, 3.63) is 30.4 Å². The Kier molecular flexibility index (Phi) is 5.12. The van der Waals surface area contributed by atoms with E-state index in [0.29, 0.717) is 0 Å². The second-order valence-electron chi connectivity index (χ2n) is 9.10. The second kappa shape index (κ2) is 7.46. The van der Waals surface area contributed by atoms with Gasteiger partial charge in [0, 0.05) is 41.9 Å². The highest BCUT2D eigenvalue weighted by atomic mass is 16.2. The smallest absolute Gasteiger partial charge is 0.376 e. The van der Waals surface area contributed by atoms with Crippen LogP contribution in [0.25, 0.3) is 16.8 Å². The molecule has 29 heavy (non-hydrogen) atoms. The van der Waals surface area contributed by atoms with Crippen LogP contribution in [0.1, 0.15) is 45.2 Å². The van der Waals surface area contributed by atoms with Crippen molar-refractivity contribution >= 4 is 18.5 Å². The number of anilines is 1. The summed E-state index contributed by atoms with van der Waals surface area (Å²) in [7, 11) is 1.47. The first kappa shape index (κ1) is 19.9. The first-order chi connectivity index (χ1) is 13.7. The quantitative estimate of drug-likeness (QED) is 0.661. The minimum atomic E-state index is -0.436. The van der Waals surface area contributed by atoms with Gasteiger partial charge in [0.2, 0.25) is 0 Å². The van der Waals surface area contributed by atoms with Gasteiger partial charge in [-0.2, -0.15) is 14.7 Å². The molecule has 3 aromatic rings. The lowest BCUT2D eigenvalue weighted by molar-refractivity contribution is 0.283. The van der Waals surface area contributed by atoms with E-state index in [2.05, 4.69) is 47.2 Å². The van der Waals surface area contributed by atoms with E-state index >= 15 is 0 Å². The summed E-state index contributed by atoms with van der Waals surface area (Å²) >= 11 is 0. The van der Waals surface area contributed by atoms with E-state index in [1.54, 1.807) is 4.68 Å². The van der Waals surface area contributed by atoms with Gasteiger partial charge in [-0.25, -0.2) is 4.98 Å². The molecule has 0 spiro atoms. The van der Waals surface area contributed by atoms with Gasteiger partial charge in [-0.1, -0.05) is 0 Å². The molecule has 1 unspecified atom stereocenters. The molecule has 0 saturated carbocycles. The van der Waals surface area contributed by atoms with Crippen LogP contribution in [0, 0.1) is 0 Å². The Bertz CT molecular complexity index is 1000. The van der Waals surface area contributed by atoms with Crippen molar-refractivity contribution in [3.8, 4) is 11.1 Å². The summed E-state index contributed by atoms with van der Waals surface area (Å²) in [6.45, 7) is 9.99. The highest BCUT2D eigenvalue weighted by molar-refractivity contribution is 6.45. The van der Waals surface area contributed by atoms with Crippen molar-refractivity contribution in [2.45, 2.75) is 51.9 Å². The molecule has 8 nitrogen and oxygen atoms in total. The zero-order chi connectivity index (χ0) is 20.8. The van der Waals surface area contributed by atoms with Crippen molar-refractivity contribution < 1.29 is 5.02 Å². The average Bonchev–Trinajstić information content (AvgIpc) is 3.26. The largest absolute Gasteiger partial charge is 0.437 e. The minimum absolute atomic E-state index is 0.107.